The first-order valence-corrected chi connectivity index (χ1v) is 8.11. The number of para-hydroxylation sites is 2. The first kappa shape index (κ1) is 14.9. The van der Waals surface area contributed by atoms with Crippen LogP contribution in [-0.2, 0) is 6.42 Å². The Balaban J connectivity index is 1.86. The Kier molecular flexibility index (Phi) is 3.58. The molecule has 24 heavy (non-hydrogen) atoms. The summed E-state index contributed by atoms with van der Waals surface area (Å²) in [6.07, 6.45) is 0.723. The van der Waals surface area contributed by atoms with Gasteiger partial charge in [-0.1, -0.05) is 42.5 Å². The molecule has 120 valence electrons. The third kappa shape index (κ3) is 2.37. The number of aromatic nitrogens is 2. The number of nitrogens with zero attached hydrogens (tertiary/aromatic N) is 1. The van der Waals surface area contributed by atoms with Gasteiger partial charge in [0, 0.05) is 6.42 Å². The topological polar surface area (TPSA) is 47.1 Å². The highest BCUT2D eigenvalue weighted by molar-refractivity contribution is 7.71. The van der Waals surface area contributed by atoms with E-state index in [4.69, 9.17) is 21.7 Å². The van der Waals surface area contributed by atoms with Gasteiger partial charge in [-0.05, 0) is 30.2 Å². The fraction of sp³-hybridized carbons (Fsp3) is 0.158. The first-order valence-electron chi connectivity index (χ1n) is 7.70. The number of rotatable bonds is 2. The average Bonchev–Trinajstić information content (AvgIpc) is 2.61. The molecule has 0 radical (unpaired) electrons. The molecule has 1 aromatic heterocycles. The zero-order valence-electron chi connectivity index (χ0n) is 13.4. The minimum Gasteiger partial charge on any atom is -0.496 e. The largest absolute Gasteiger partial charge is 0.496 e. The molecular weight excluding hydrogens is 320 g/mol. The fourth-order valence-electron chi connectivity index (χ4n) is 2.98. The lowest BCUT2D eigenvalue weighted by Crippen LogP contribution is -2.09. The number of aryl methyl sites for hydroxylation is 1. The summed E-state index contributed by atoms with van der Waals surface area (Å²) in [6, 6.07) is 13.8. The van der Waals surface area contributed by atoms with E-state index >= 15 is 0 Å². The van der Waals surface area contributed by atoms with E-state index in [9.17, 15) is 0 Å². The van der Waals surface area contributed by atoms with Gasteiger partial charge in [0.15, 0.2) is 0 Å². The number of hydrogen-bond acceptors (Lipinski definition) is 4. The fourth-order valence-corrected chi connectivity index (χ4v) is 3.24. The molecule has 1 aliphatic heterocycles. The molecule has 1 aliphatic rings. The van der Waals surface area contributed by atoms with Crippen LogP contribution in [0.15, 0.2) is 42.5 Å². The molecule has 0 bridgehead atoms. The van der Waals surface area contributed by atoms with Crippen LogP contribution in [0.1, 0.15) is 16.7 Å². The van der Waals surface area contributed by atoms with Crippen molar-refractivity contribution in [1.82, 2.24) is 9.97 Å². The molecule has 0 spiro atoms. The van der Waals surface area contributed by atoms with E-state index < -0.39 is 0 Å². The molecule has 0 amide bonds. The second kappa shape index (κ2) is 5.76. The smallest absolute Gasteiger partial charge is 0.205 e. The van der Waals surface area contributed by atoms with Gasteiger partial charge in [0.2, 0.25) is 5.88 Å². The van der Waals surface area contributed by atoms with Crippen LogP contribution in [0.25, 0.3) is 11.4 Å². The maximum Gasteiger partial charge on any atom is 0.205 e. The summed E-state index contributed by atoms with van der Waals surface area (Å²) < 4.78 is 12.1. The van der Waals surface area contributed by atoms with Crippen LogP contribution in [0.4, 0.5) is 0 Å². The SMILES string of the molecule is COc1ccccc1-c1nc(=S)c2c([nH]1)Oc1c(C)cccc1C2. The van der Waals surface area contributed by atoms with Gasteiger partial charge < -0.3 is 14.5 Å². The summed E-state index contributed by atoms with van der Waals surface area (Å²) in [6.45, 7) is 2.04. The van der Waals surface area contributed by atoms with E-state index in [2.05, 4.69) is 16.0 Å². The number of hydrogen-bond donors (Lipinski definition) is 1. The van der Waals surface area contributed by atoms with Gasteiger partial charge >= 0.3 is 0 Å². The van der Waals surface area contributed by atoms with Crippen LogP contribution in [0.3, 0.4) is 0 Å². The Morgan fingerprint density at radius 3 is 2.83 bits per heavy atom. The van der Waals surface area contributed by atoms with Crippen molar-refractivity contribution in [2.75, 3.05) is 7.11 Å². The Labute approximate surface area is 145 Å². The van der Waals surface area contributed by atoms with E-state index in [1.54, 1.807) is 7.11 Å². The number of aromatic amines is 1. The number of H-pyrrole nitrogens is 1. The van der Waals surface area contributed by atoms with Crippen LogP contribution >= 0.6 is 12.2 Å². The number of nitrogens with one attached hydrogen (secondary N) is 1. The molecule has 2 aromatic carbocycles. The molecule has 0 unspecified atom stereocenters. The molecule has 2 heterocycles. The molecule has 0 atom stereocenters. The lowest BCUT2D eigenvalue weighted by molar-refractivity contribution is 0.415. The van der Waals surface area contributed by atoms with E-state index in [0.717, 1.165) is 40.2 Å². The van der Waals surface area contributed by atoms with Crippen molar-refractivity contribution in [2.45, 2.75) is 13.3 Å². The normalized spacial score (nSPS) is 12.1. The number of ether oxygens (including phenoxy) is 2. The lowest BCUT2D eigenvalue weighted by Gasteiger charge is -2.22. The van der Waals surface area contributed by atoms with Crippen LogP contribution in [-0.4, -0.2) is 17.1 Å². The highest BCUT2D eigenvalue weighted by Gasteiger charge is 2.22. The standard InChI is InChI=1S/C19H16N2O2S/c1-11-6-5-7-12-10-14-18(23-16(11)12)20-17(21-19(14)24)13-8-3-4-9-15(13)22-2/h3-9H,10H2,1-2H3,(H,20,21,24). The van der Waals surface area contributed by atoms with Crippen molar-refractivity contribution in [3.8, 4) is 28.8 Å². The Hall–Kier alpha value is -2.66. The van der Waals surface area contributed by atoms with Gasteiger partial charge in [0.1, 0.15) is 22.0 Å². The Morgan fingerprint density at radius 1 is 1.17 bits per heavy atom. The number of benzene rings is 2. The maximum atomic E-state index is 6.12. The lowest BCUT2D eigenvalue weighted by atomic mass is 10.0. The Bertz CT molecular complexity index is 995. The first-order chi connectivity index (χ1) is 11.7. The van der Waals surface area contributed by atoms with Gasteiger partial charge in [-0.15, -0.1) is 0 Å². The van der Waals surface area contributed by atoms with E-state index in [1.165, 1.54) is 0 Å². The van der Waals surface area contributed by atoms with Gasteiger partial charge in [0.05, 0.1) is 18.2 Å². The van der Waals surface area contributed by atoms with Crippen molar-refractivity contribution >= 4 is 12.2 Å². The summed E-state index contributed by atoms with van der Waals surface area (Å²) in [4.78, 5) is 7.84. The molecule has 0 saturated carbocycles. The van der Waals surface area contributed by atoms with Gasteiger partial charge in [-0.3, -0.25) is 0 Å². The van der Waals surface area contributed by atoms with Crippen molar-refractivity contribution in [2.24, 2.45) is 0 Å². The zero-order chi connectivity index (χ0) is 16.7. The minimum atomic E-state index is 0.553. The second-order valence-electron chi connectivity index (χ2n) is 5.74. The summed E-state index contributed by atoms with van der Waals surface area (Å²) >= 11 is 5.52. The molecular formula is C19H16N2O2S. The summed E-state index contributed by atoms with van der Waals surface area (Å²) in [7, 11) is 1.64. The molecule has 4 nitrogen and oxygen atoms in total. The molecule has 1 N–H and O–H groups in total. The van der Waals surface area contributed by atoms with Crippen LogP contribution in [0.5, 0.6) is 17.4 Å². The third-order valence-electron chi connectivity index (χ3n) is 4.20. The van der Waals surface area contributed by atoms with E-state index in [1.807, 2.05) is 43.3 Å². The quantitative estimate of drug-likeness (QED) is 0.533. The van der Waals surface area contributed by atoms with Crippen LogP contribution < -0.4 is 9.47 Å². The molecule has 0 saturated heterocycles. The van der Waals surface area contributed by atoms with Crippen LogP contribution in [0, 0.1) is 11.6 Å². The molecule has 0 aliphatic carbocycles. The highest BCUT2D eigenvalue weighted by atomic mass is 32.1. The summed E-state index contributed by atoms with van der Waals surface area (Å²) in [5.74, 6) is 2.95. The third-order valence-corrected chi connectivity index (χ3v) is 4.54. The summed E-state index contributed by atoms with van der Waals surface area (Å²) in [5, 5.41) is 0. The van der Waals surface area contributed by atoms with Crippen molar-refractivity contribution < 1.29 is 9.47 Å². The number of fused-ring (bicyclic) bond motifs is 2. The number of methoxy groups -OCH3 is 1. The predicted octanol–water partition coefficient (Wildman–Crippen LogP) is 4.82. The van der Waals surface area contributed by atoms with E-state index in [-0.39, 0.29) is 0 Å². The average molecular weight is 336 g/mol. The van der Waals surface area contributed by atoms with Crippen LogP contribution in [0.2, 0.25) is 0 Å². The van der Waals surface area contributed by atoms with Crippen molar-refractivity contribution in [1.29, 1.82) is 0 Å². The monoisotopic (exact) mass is 336 g/mol. The molecule has 3 aromatic rings. The molecule has 4 rings (SSSR count). The van der Waals surface area contributed by atoms with Gasteiger partial charge in [0.25, 0.3) is 0 Å². The van der Waals surface area contributed by atoms with Crippen molar-refractivity contribution in [3.05, 3.63) is 63.8 Å². The van der Waals surface area contributed by atoms with Gasteiger partial charge in [-0.25, -0.2) is 4.98 Å². The second-order valence-corrected chi connectivity index (χ2v) is 6.13. The molecule has 0 fully saturated rings. The zero-order valence-corrected chi connectivity index (χ0v) is 14.2. The summed E-state index contributed by atoms with van der Waals surface area (Å²) in [5.41, 5.74) is 4.01. The predicted molar refractivity (Wildman–Crippen MR) is 95.5 cm³/mol. The highest BCUT2D eigenvalue weighted by Crippen LogP contribution is 2.39. The molecule has 5 heteroatoms. The minimum absolute atomic E-state index is 0.553. The van der Waals surface area contributed by atoms with E-state index in [0.29, 0.717) is 16.3 Å². The van der Waals surface area contributed by atoms with Gasteiger partial charge in [-0.2, -0.15) is 0 Å². The maximum absolute atomic E-state index is 6.12. The Morgan fingerprint density at radius 2 is 2.00 bits per heavy atom. The van der Waals surface area contributed by atoms with Crippen molar-refractivity contribution in [3.63, 3.8) is 0 Å².